The van der Waals surface area contributed by atoms with Crippen LogP contribution in [0.2, 0.25) is 5.02 Å². The Morgan fingerprint density at radius 2 is 1.89 bits per heavy atom. The van der Waals surface area contributed by atoms with E-state index in [0.29, 0.717) is 46.9 Å². The smallest absolute Gasteiger partial charge is 0.262 e. The van der Waals surface area contributed by atoms with E-state index in [9.17, 15) is 4.79 Å². The van der Waals surface area contributed by atoms with Crippen molar-refractivity contribution in [2.24, 2.45) is 0 Å². The number of anilines is 1. The summed E-state index contributed by atoms with van der Waals surface area (Å²) < 4.78 is 18.3. The van der Waals surface area contributed by atoms with Crippen molar-refractivity contribution in [3.05, 3.63) is 54.1 Å². The highest BCUT2D eigenvalue weighted by Gasteiger charge is 2.14. The van der Waals surface area contributed by atoms with Crippen molar-refractivity contribution in [1.29, 1.82) is 0 Å². The van der Waals surface area contributed by atoms with Crippen LogP contribution in [0.5, 0.6) is 17.2 Å². The zero-order valence-corrected chi connectivity index (χ0v) is 14.8. The summed E-state index contributed by atoms with van der Waals surface area (Å²) in [6, 6.07) is 10.3. The van der Waals surface area contributed by atoms with Gasteiger partial charge < -0.3 is 19.5 Å². The molecule has 1 amide bonds. The SMILES string of the molecule is O=C(COc1ccc(Cl)cc1-n1cnnc1)Nc1ccc2c(c1)OCCO2. The van der Waals surface area contributed by atoms with Crippen LogP contribution in [0.15, 0.2) is 49.1 Å². The van der Waals surface area contributed by atoms with E-state index in [0.717, 1.165) is 0 Å². The van der Waals surface area contributed by atoms with Crippen molar-refractivity contribution < 1.29 is 19.0 Å². The number of hydrogen-bond donors (Lipinski definition) is 1. The fraction of sp³-hybridized carbons (Fsp3) is 0.167. The van der Waals surface area contributed by atoms with Gasteiger partial charge in [0.15, 0.2) is 18.1 Å². The molecule has 0 saturated heterocycles. The molecule has 138 valence electrons. The van der Waals surface area contributed by atoms with Crippen LogP contribution in [-0.4, -0.2) is 40.5 Å². The first-order valence-electron chi connectivity index (χ1n) is 8.16. The zero-order chi connectivity index (χ0) is 18.6. The molecule has 0 fully saturated rings. The second-order valence-electron chi connectivity index (χ2n) is 5.68. The third kappa shape index (κ3) is 3.95. The molecule has 3 aromatic rings. The molecular weight excluding hydrogens is 372 g/mol. The molecule has 8 nitrogen and oxygen atoms in total. The Morgan fingerprint density at radius 3 is 2.70 bits per heavy atom. The van der Waals surface area contributed by atoms with E-state index in [-0.39, 0.29) is 12.5 Å². The first kappa shape index (κ1) is 17.2. The summed E-state index contributed by atoms with van der Waals surface area (Å²) in [5, 5.41) is 10.8. The number of halogens is 1. The summed E-state index contributed by atoms with van der Waals surface area (Å²) in [4.78, 5) is 12.3. The highest BCUT2D eigenvalue weighted by molar-refractivity contribution is 6.30. The van der Waals surface area contributed by atoms with Crippen LogP contribution in [-0.2, 0) is 4.79 Å². The van der Waals surface area contributed by atoms with Crippen molar-refractivity contribution in [3.8, 4) is 22.9 Å². The molecular formula is C18H15ClN4O4. The quantitative estimate of drug-likeness (QED) is 0.725. The molecule has 0 saturated carbocycles. The maximum Gasteiger partial charge on any atom is 0.262 e. The number of carbonyl (C=O) groups excluding carboxylic acids is 1. The molecule has 1 N–H and O–H groups in total. The maximum absolute atomic E-state index is 12.3. The molecule has 0 aliphatic carbocycles. The zero-order valence-electron chi connectivity index (χ0n) is 14.1. The predicted octanol–water partition coefficient (Wildman–Crippen LogP) is 2.71. The summed E-state index contributed by atoms with van der Waals surface area (Å²) in [7, 11) is 0. The number of fused-ring (bicyclic) bond motifs is 1. The van der Waals surface area contributed by atoms with Gasteiger partial charge in [0, 0.05) is 16.8 Å². The van der Waals surface area contributed by atoms with Crippen LogP contribution in [0, 0.1) is 0 Å². The number of amides is 1. The van der Waals surface area contributed by atoms with Crippen molar-refractivity contribution >= 4 is 23.2 Å². The van der Waals surface area contributed by atoms with Gasteiger partial charge in [0.05, 0.1) is 5.69 Å². The highest BCUT2D eigenvalue weighted by atomic mass is 35.5. The number of rotatable bonds is 5. The van der Waals surface area contributed by atoms with Crippen molar-refractivity contribution in [1.82, 2.24) is 14.8 Å². The summed E-state index contributed by atoms with van der Waals surface area (Å²) >= 11 is 6.05. The average molecular weight is 387 g/mol. The van der Waals surface area contributed by atoms with Gasteiger partial charge in [0.1, 0.15) is 31.6 Å². The van der Waals surface area contributed by atoms with Gasteiger partial charge in [0.25, 0.3) is 5.91 Å². The molecule has 0 unspecified atom stereocenters. The van der Waals surface area contributed by atoms with Gasteiger partial charge in [-0.15, -0.1) is 10.2 Å². The first-order chi connectivity index (χ1) is 13.2. The van der Waals surface area contributed by atoms with E-state index >= 15 is 0 Å². The van der Waals surface area contributed by atoms with Gasteiger partial charge >= 0.3 is 0 Å². The van der Waals surface area contributed by atoms with E-state index in [1.54, 1.807) is 41.0 Å². The van der Waals surface area contributed by atoms with Crippen LogP contribution in [0.4, 0.5) is 5.69 Å². The number of benzene rings is 2. The number of ether oxygens (including phenoxy) is 3. The van der Waals surface area contributed by atoms with Gasteiger partial charge in [-0.2, -0.15) is 0 Å². The highest BCUT2D eigenvalue weighted by Crippen LogP contribution is 2.32. The summed E-state index contributed by atoms with van der Waals surface area (Å²) in [5.74, 6) is 1.44. The van der Waals surface area contributed by atoms with Crippen LogP contribution in [0.25, 0.3) is 5.69 Å². The topological polar surface area (TPSA) is 87.5 Å². The standard InChI is InChI=1S/C18H15ClN4O4/c19-12-1-3-15(14(7-12)23-10-20-21-11-23)27-9-18(24)22-13-2-4-16-17(8-13)26-6-5-25-16/h1-4,7-8,10-11H,5-6,9H2,(H,22,24). The Hall–Kier alpha value is -3.26. The second kappa shape index (κ2) is 7.55. The largest absolute Gasteiger partial charge is 0.486 e. The van der Waals surface area contributed by atoms with Gasteiger partial charge in [-0.05, 0) is 30.3 Å². The third-order valence-corrected chi connectivity index (χ3v) is 4.04. The summed E-state index contributed by atoms with van der Waals surface area (Å²) in [6.07, 6.45) is 3.04. The van der Waals surface area contributed by atoms with Gasteiger partial charge in [-0.1, -0.05) is 11.6 Å². The van der Waals surface area contributed by atoms with Crippen LogP contribution >= 0.6 is 11.6 Å². The molecule has 27 heavy (non-hydrogen) atoms. The van der Waals surface area contributed by atoms with Crippen LogP contribution in [0.3, 0.4) is 0 Å². The average Bonchev–Trinajstić information content (AvgIpc) is 3.21. The fourth-order valence-corrected chi connectivity index (χ4v) is 2.77. The number of aromatic nitrogens is 3. The third-order valence-electron chi connectivity index (χ3n) is 3.80. The Morgan fingerprint density at radius 1 is 1.11 bits per heavy atom. The van der Waals surface area contributed by atoms with E-state index in [1.807, 2.05) is 0 Å². The Bertz CT molecular complexity index is 962. The lowest BCUT2D eigenvalue weighted by atomic mass is 10.2. The maximum atomic E-state index is 12.3. The van der Waals surface area contributed by atoms with Crippen LogP contribution in [0.1, 0.15) is 0 Å². The molecule has 0 radical (unpaired) electrons. The predicted molar refractivity (Wildman–Crippen MR) is 97.9 cm³/mol. The monoisotopic (exact) mass is 386 g/mol. The molecule has 1 aromatic heterocycles. The number of hydrogen-bond acceptors (Lipinski definition) is 6. The van der Waals surface area contributed by atoms with E-state index in [2.05, 4.69) is 15.5 Å². The van der Waals surface area contributed by atoms with Crippen molar-refractivity contribution in [2.75, 3.05) is 25.1 Å². The van der Waals surface area contributed by atoms with Crippen molar-refractivity contribution in [2.45, 2.75) is 0 Å². The minimum atomic E-state index is -0.309. The Kier molecular flexibility index (Phi) is 4.80. The molecule has 0 bridgehead atoms. The normalized spacial score (nSPS) is 12.5. The van der Waals surface area contributed by atoms with Crippen molar-refractivity contribution in [3.63, 3.8) is 0 Å². The first-order valence-corrected chi connectivity index (χ1v) is 8.54. The van der Waals surface area contributed by atoms with E-state index in [4.69, 9.17) is 25.8 Å². The van der Waals surface area contributed by atoms with E-state index < -0.39 is 0 Å². The second-order valence-corrected chi connectivity index (χ2v) is 6.11. The summed E-state index contributed by atoms with van der Waals surface area (Å²) in [5.41, 5.74) is 1.24. The minimum absolute atomic E-state index is 0.175. The Balaban J connectivity index is 1.43. The molecule has 2 heterocycles. The van der Waals surface area contributed by atoms with Gasteiger partial charge in [-0.25, -0.2) is 0 Å². The van der Waals surface area contributed by atoms with Gasteiger partial charge in [0.2, 0.25) is 0 Å². The Labute approximate surface area is 159 Å². The molecule has 2 aromatic carbocycles. The fourth-order valence-electron chi connectivity index (χ4n) is 2.60. The number of carbonyl (C=O) groups is 1. The van der Waals surface area contributed by atoms with Gasteiger partial charge in [-0.3, -0.25) is 9.36 Å². The number of nitrogens with one attached hydrogen (secondary N) is 1. The molecule has 0 atom stereocenters. The molecule has 1 aliphatic rings. The lowest BCUT2D eigenvalue weighted by molar-refractivity contribution is -0.118. The molecule has 1 aliphatic heterocycles. The van der Waals surface area contributed by atoms with Crippen LogP contribution < -0.4 is 19.5 Å². The molecule has 0 spiro atoms. The lowest BCUT2D eigenvalue weighted by Gasteiger charge is -2.19. The molecule has 9 heteroatoms. The summed E-state index contributed by atoms with van der Waals surface area (Å²) in [6.45, 7) is 0.823. The lowest BCUT2D eigenvalue weighted by Crippen LogP contribution is -2.21. The minimum Gasteiger partial charge on any atom is -0.486 e. The van der Waals surface area contributed by atoms with E-state index in [1.165, 1.54) is 12.7 Å². The number of nitrogens with zero attached hydrogens (tertiary/aromatic N) is 3. The molecule has 4 rings (SSSR count).